The van der Waals surface area contributed by atoms with Crippen LogP contribution in [0.4, 0.5) is 0 Å². The third kappa shape index (κ3) is 2.38. The van der Waals surface area contributed by atoms with Crippen molar-refractivity contribution in [1.82, 2.24) is 10.2 Å². The first-order chi connectivity index (χ1) is 7.79. The molecule has 0 atom stereocenters. The van der Waals surface area contributed by atoms with Crippen molar-refractivity contribution in [3.63, 3.8) is 0 Å². The number of benzene rings is 1. The molecular weight excluding hydrogens is 202 g/mol. The maximum absolute atomic E-state index is 11.6. The number of nitriles is 1. The highest BCUT2D eigenvalue weighted by atomic mass is 16.2. The van der Waals surface area contributed by atoms with Gasteiger partial charge in [-0.3, -0.25) is 4.79 Å². The van der Waals surface area contributed by atoms with Crippen molar-refractivity contribution in [2.75, 3.05) is 19.6 Å². The largest absolute Gasteiger partial charge is 0.336 e. The molecule has 4 heteroatoms. The second-order valence-electron chi connectivity index (χ2n) is 3.80. The maximum atomic E-state index is 11.6. The molecular formula is C12H13N3O. The van der Waals surface area contributed by atoms with Gasteiger partial charge >= 0.3 is 0 Å². The Morgan fingerprint density at radius 2 is 2.38 bits per heavy atom. The summed E-state index contributed by atoms with van der Waals surface area (Å²) in [6, 6.07) is 9.48. The van der Waals surface area contributed by atoms with Crippen LogP contribution in [-0.2, 0) is 11.3 Å². The van der Waals surface area contributed by atoms with Crippen molar-refractivity contribution in [3.05, 3.63) is 35.4 Å². The Balaban J connectivity index is 2.08. The molecule has 0 radical (unpaired) electrons. The van der Waals surface area contributed by atoms with E-state index in [0.717, 1.165) is 18.7 Å². The fourth-order valence-corrected chi connectivity index (χ4v) is 1.77. The van der Waals surface area contributed by atoms with Gasteiger partial charge in [-0.15, -0.1) is 0 Å². The van der Waals surface area contributed by atoms with Gasteiger partial charge in [0.25, 0.3) is 0 Å². The summed E-state index contributed by atoms with van der Waals surface area (Å²) in [7, 11) is 0. The fourth-order valence-electron chi connectivity index (χ4n) is 1.77. The molecule has 1 amide bonds. The van der Waals surface area contributed by atoms with E-state index in [1.54, 1.807) is 6.07 Å². The molecule has 0 saturated carbocycles. The van der Waals surface area contributed by atoms with Gasteiger partial charge in [0.15, 0.2) is 0 Å². The Bertz CT molecular complexity index is 436. The van der Waals surface area contributed by atoms with Crippen LogP contribution in [0.5, 0.6) is 0 Å². The van der Waals surface area contributed by atoms with Crippen LogP contribution in [-0.4, -0.2) is 30.4 Å². The van der Waals surface area contributed by atoms with Crippen LogP contribution in [0.3, 0.4) is 0 Å². The summed E-state index contributed by atoms with van der Waals surface area (Å²) in [5.74, 6) is 0.119. The molecule has 0 aliphatic carbocycles. The first kappa shape index (κ1) is 10.7. The molecule has 2 rings (SSSR count). The number of carbonyl (C=O) groups excluding carboxylic acids is 1. The van der Waals surface area contributed by atoms with E-state index in [0.29, 0.717) is 18.7 Å². The van der Waals surface area contributed by atoms with Crippen LogP contribution < -0.4 is 5.32 Å². The summed E-state index contributed by atoms with van der Waals surface area (Å²) in [6.45, 7) is 2.58. The predicted octanol–water partition coefficient (Wildman–Crippen LogP) is 0.490. The zero-order valence-electron chi connectivity index (χ0n) is 8.94. The molecule has 1 fully saturated rings. The van der Waals surface area contributed by atoms with E-state index < -0.39 is 0 Å². The molecule has 0 unspecified atom stereocenters. The SMILES string of the molecule is N#Cc1cccc(CN2CCNCC2=O)c1. The van der Waals surface area contributed by atoms with Crippen LogP contribution in [0.25, 0.3) is 0 Å². The van der Waals surface area contributed by atoms with E-state index >= 15 is 0 Å². The van der Waals surface area contributed by atoms with E-state index in [1.807, 2.05) is 23.1 Å². The number of carbonyl (C=O) groups is 1. The minimum absolute atomic E-state index is 0.119. The molecule has 16 heavy (non-hydrogen) atoms. The number of nitrogens with one attached hydrogen (secondary N) is 1. The summed E-state index contributed by atoms with van der Waals surface area (Å²) in [5, 5.41) is 11.8. The Labute approximate surface area is 94.5 Å². The monoisotopic (exact) mass is 215 g/mol. The van der Waals surface area contributed by atoms with Crippen LogP contribution in [0.15, 0.2) is 24.3 Å². The van der Waals surface area contributed by atoms with Crippen molar-refractivity contribution >= 4 is 5.91 Å². The highest BCUT2D eigenvalue weighted by Gasteiger charge is 2.17. The second-order valence-corrected chi connectivity index (χ2v) is 3.80. The summed E-state index contributed by atoms with van der Waals surface area (Å²) < 4.78 is 0. The Kier molecular flexibility index (Phi) is 3.18. The zero-order valence-corrected chi connectivity index (χ0v) is 8.94. The Hall–Kier alpha value is -1.86. The molecule has 1 aliphatic rings. The summed E-state index contributed by atoms with van der Waals surface area (Å²) in [6.07, 6.45) is 0. The van der Waals surface area contributed by atoms with Crippen LogP contribution in [0.2, 0.25) is 0 Å². The van der Waals surface area contributed by atoms with Crippen LogP contribution in [0.1, 0.15) is 11.1 Å². The first-order valence-corrected chi connectivity index (χ1v) is 5.27. The van der Waals surface area contributed by atoms with Crippen molar-refractivity contribution in [3.8, 4) is 6.07 Å². The number of rotatable bonds is 2. The lowest BCUT2D eigenvalue weighted by molar-refractivity contribution is -0.132. The first-order valence-electron chi connectivity index (χ1n) is 5.27. The number of piperazine rings is 1. The number of hydrogen-bond donors (Lipinski definition) is 1. The van der Waals surface area contributed by atoms with Gasteiger partial charge in [-0.25, -0.2) is 0 Å². The minimum atomic E-state index is 0.119. The van der Waals surface area contributed by atoms with E-state index in [9.17, 15) is 4.79 Å². The molecule has 0 aromatic heterocycles. The molecule has 82 valence electrons. The average molecular weight is 215 g/mol. The molecule has 0 spiro atoms. The average Bonchev–Trinajstić information content (AvgIpc) is 2.32. The van der Waals surface area contributed by atoms with Crippen molar-refractivity contribution in [1.29, 1.82) is 5.26 Å². The highest BCUT2D eigenvalue weighted by Crippen LogP contribution is 2.08. The smallest absolute Gasteiger partial charge is 0.236 e. The van der Waals surface area contributed by atoms with Gasteiger partial charge in [-0.1, -0.05) is 12.1 Å². The molecule has 1 N–H and O–H groups in total. The Morgan fingerprint density at radius 3 is 3.12 bits per heavy atom. The van der Waals surface area contributed by atoms with Gasteiger partial charge in [0.2, 0.25) is 5.91 Å². The quantitative estimate of drug-likeness (QED) is 0.781. The van der Waals surface area contributed by atoms with E-state index in [4.69, 9.17) is 5.26 Å². The van der Waals surface area contributed by atoms with Crippen molar-refractivity contribution < 1.29 is 4.79 Å². The number of amides is 1. The van der Waals surface area contributed by atoms with Gasteiger partial charge < -0.3 is 10.2 Å². The van der Waals surface area contributed by atoms with Gasteiger partial charge in [-0.05, 0) is 17.7 Å². The van der Waals surface area contributed by atoms with Crippen molar-refractivity contribution in [2.24, 2.45) is 0 Å². The summed E-state index contributed by atoms with van der Waals surface area (Å²) >= 11 is 0. The lowest BCUT2D eigenvalue weighted by Gasteiger charge is -2.27. The molecule has 1 saturated heterocycles. The van der Waals surface area contributed by atoms with Gasteiger partial charge in [0.05, 0.1) is 18.2 Å². The van der Waals surface area contributed by atoms with E-state index in [-0.39, 0.29) is 5.91 Å². The molecule has 0 bridgehead atoms. The van der Waals surface area contributed by atoms with Gasteiger partial charge in [-0.2, -0.15) is 5.26 Å². The normalized spacial score (nSPS) is 15.9. The third-order valence-corrected chi connectivity index (χ3v) is 2.62. The fraction of sp³-hybridized carbons (Fsp3) is 0.333. The lowest BCUT2D eigenvalue weighted by Crippen LogP contribution is -2.47. The van der Waals surface area contributed by atoms with E-state index in [1.165, 1.54) is 0 Å². The maximum Gasteiger partial charge on any atom is 0.236 e. The molecule has 1 aliphatic heterocycles. The Morgan fingerprint density at radius 1 is 1.50 bits per heavy atom. The summed E-state index contributed by atoms with van der Waals surface area (Å²) in [5.41, 5.74) is 1.65. The third-order valence-electron chi connectivity index (χ3n) is 2.62. The highest BCUT2D eigenvalue weighted by molar-refractivity contribution is 5.79. The lowest BCUT2D eigenvalue weighted by atomic mass is 10.1. The van der Waals surface area contributed by atoms with E-state index in [2.05, 4.69) is 11.4 Å². The topological polar surface area (TPSA) is 56.1 Å². The predicted molar refractivity (Wildman–Crippen MR) is 59.4 cm³/mol. The van der Waals surface area contributed by atoms with Crippen LogP contribution >= 0.6 is 0 Å². The second kappa shape index (κ2) is 4.77. The van der Waals surface area contributed by atoms with Crippen LogP contribution in [0, 0.1) is 11.3 Å². The van der Waals surface area contributed by atoms with Gasteiger partial charge in [0, 0.05) is 19.6 Å². The number of nitrogens with zero attached hydrogens (tertiary/aromatic N) is 2. The van der Waals surface area contributed by atoms with Crippen molar-refractivity contribution in [2.45, 2.75) is 6.54 Å². The summed E-state index contributed by atoms with van der Waals surface area (Å²) in [4.78, 5) is 13.4. The zero-order chi connectivity index (χ0) is 11.4. The molecule has 1 aromatic rings. The molecule has 1 heterocycles. The molecule has 4 nitrogen and oxygen atoms in total. The number of hydrogen-bond acceptors (Lipinski definition) is 3. The standard InChI is InChI=1S/C12H13N3O/c13-7-10-2-1-3-11(6-10)9-15-5-4-14-8-12(15)16/h1-3,6,14H,4-5,8-9H2. The van der Waals surface area contributed by atoms with Gasteiger partial charge in [0.1, 0.15) is 0 Å². The molecule has 1 aromatic carbocycles. The minimum Gasteiger partial charge on any atom is -0.336 e.